The molecule has 0 aliphatic heterocycles. The predicted octanol–water partition coefficient (Wildman–Crippen LogP) is 3.89. The average molecular weight is 311 g/mol. The van der Waals surface area contributed by atoms with E-state index in [1.165, 1.54) is 11.3 Å². The number of rotatable bonds is 6. The zero-order valence-electron chi connectivity index (χ0n) is 11.3. The second-order valence-corrected chi connectivity index (χ2v) is 5.70. The number of carboxylic acids is 1. The summed E-state index contributed by atoms with van der Waals surface area (Å²) in [6, 6.07) is 5.94. The van der Waals surface area contributed by atoms with Crippen molar-refractivity contribution >= 4 is 17.3 Å². The van der Waals surface area contributed by atoms with Gasteiger partial charge < -0.3 is 10.4 Å². The van der Waals surface area contributed by atoms with Crippen molar-refractivity contribution in [3.05, 3.63) is 57.8 Å². The Kier molecular flexibility index (Phi) is 5.03. The van der Waals surface area contributed by atoms with Crippen LogP contribution in [0.5, 0.6) is 0 Å². The molecule has 1 heterocycles. The van der Waals surface area contributed by atoms with Crippen molar-refractivity contribution in [1.29, 1.82) is 0 Å². The fourth-order valence-corrected chi connectivity index (χ4v) is 2.93. The van der Waals surface area contributed by atoms with E-state index in [-0.39, 0.29) is 12.0 Å². The first-order valence-electron chi connectivity index (χ1n) is 6.43. The van der Waals surface area contributed by atoms with E-state index in [1.807, 2.05) is 17.5 Å². The molecule has 2 rings (SSSR count). The molecule has 0 aliphatic rings. The molecule has 6 heteroatoms. The average Bonchev–Trinajstić information content (AvgIpc) is 2.94. The first-order valence-corrected chi connectivity index (χ1v) is 7.31. The first-order chi connectivity index (χ1) is 9.97. The SMILES string of the molecule is CC(NC(CC(=O)O)c1cccs1)c1cc(F)ccc1F. The highest BCUT2D eigenvalue weighted by Gasteiger charge is 2.21. The molecule has 0 amide bonds. The summed E-state index contributed by atoms with van der Waals surface area (Å²) in [4.78, 5) is 11.8. The molecular formula is C15H15F2NO2S. The first kappa shape index (κ1) is 15.6. The number of thiophene rings is 1. The normalized spacial score (nSPS) is 13.9. The molecule has 0 radical (unpaired) electrons. The Morgan fingerprint density at radius 2 is 2.14 bits per heavy atom. The van der Waals surface area contributed by atoms with E-state index in [0.29, 0.717) is 0 Å². The molecular weight excluding hydrogens is 296 g/mol. The van der Waals surface area contributed by atoms with Gasteiger partial charge in [0.15, 0.2) is 0 Å². The van der Waals surface area contributed by atoms with Crippen LogP contribution in [0.1, 0.15) is 35.9 Å². The minimum Gasteiger partial charge on any atom is -0.481 e. The van der Waals surface area contributed by atoms with Crippen LogP contribution < -0.4 is 5.32 Å². The van der Waals surface area contributed by atoms with Gasteiger partial charge in [-0.25, -0.2) is 8.78 Å². The van der Waals surface area contributed by atoms with Crippen LogP contribution >= 0.6 is 11.3 Å². The van der Waals surface area contributed by atoms with E-state index >= 15 is 0 Å². The lowest BCUT2D eigenvalue weighted by Gasteiger charge is -2.22. The summed E-state index contributed by atoms with van der Waals surface area (Å²) in [5.41, 5.74) is 0.182. The Hall–Kier alpha value is -1.79. The van der Waals surface area contributed by atoms with E-state index in [1.54, 1.807) is 6.92 Å². The third-order valence-electron chi connectivity index (χ3n) is 3.14. The molecule has 0 saturated heterocycles. The van der Waals surface area contributed by atoms with E-state index in [4.69, 9.17) is 5.11 Å². The lowest BCUT2D eigenvalue weighted by Crippen LogP contribution is -2.26. The maximum absolute atomic E-state index is 13.8. The van der Waals surface area contributed by atoms with Crippen LogP contribution in [0, 0.1) is 11.6 Å². The summed E-state index contributed by atoms with van der Waals surface area (Å²) in [5.74, 6) is -1.99. The second kappa shape index (κ2) is 6.78. The van der Waals surface area contributed by atoms with Crippen molar-refractivity contribution in [2.75, 3.05) is 0 Å². The highest BCUT2D eigenvalue weighted by molar-refractivity contribution is 7.10. The minimum atomic E-state index is -0.951. The zero-order chi connectivity index (χ0) is 15.4. The van der Waals surface area contributed by atoms with Gasteiger partial charge in [0.05, 0.1) is 12.5 Å². The minimum absolute atomic E-state index is 0.123. The molecule has 2 atom stereocenters. The van der Waals surface area contributed by atoms with E-state index in [0.717, 1.165) is 23.1 Å². The summed E-state index contributed by atoms with van der Waals surface area (Å²) in [6.45, 7) is 1.68. The molecule has 2 N–H and O–H groups in total. The number of benzene rings is 1. The van der Waals surface area contributed by atoms with Crippen LogP contribution in [0.3, 0.4) is 0 Å². The fourth-order valence-electron chi connectivity index (χ4n) is 2.14. The second-order valence-electron chi connectivity index (χ2n) is 4.72. The summed E-state index contributed by atoms with van der Waals surface area (Å²) >= 11 is 1.42. The molecule has 21 heavy (non-hydrogen) atoms. The molecule has 112 valence electrons. The van der Waals surface area contributed by atoms with Crippen LogP contribution in [-0.4, -0.2) is 11.1 Å². The molecule has 2 aromatic rings. The van der Waals surface area contributed by atoms with Crippen LogP contribution in [0.2, 0.25) is 0 Å². The Morgan fingerprint density at radius 3 is 2.76 bits per heavy atom. The van der Waals surface area contributed by atoms with Gasteiger partial charge in [-0.1, -0.05) is 6.07 Å². The quantitative estimate of drug-likeness (QED) is 0.851. The van der Waals surface area contributed by atoms with Crippen LogP contribution in [0.15, 0.2) is 35.7 Å². The third kappa shape index (κ3) is 4.09. The molecule has 1 aromatic carbocycles. The molecule has 0 saturated carbocycles. The van der Waals surface area contributed by atoms with Crippen molar-refractivity contribution in [2.45, 2.75) is 25.4 Å². The number of aliphatic carboxylic acids is 1. The predicted molar refractivity (Wildman–Crippen MR) is 77.2 cm³/mol. The Bertz CT molecular complexity index is 616. The highest BCUT2D eigenvalue weighted by Crippen LogP contribution is 2.27. The number of carbonyl (C=O) groups is 1. The van der Waals surface area contributed by atoms with Crippen LogP contribution in [-0.2, 0) is 4.79 Å². The molecule has 1 aromatic heterocycles. The Labute approximate surface area is 125 Å². The van der Waals surface area contributed by atoms with Crippen LogP contribution in [0.25, 0.3) is 0 Å². The molecule has 0 spiro atoms. The van der Waals surface area contributed by atoms with E-state index < -0.39 is 29.7 Å². The fraction of sp³-hybridized carbons (Fsp3) is 0.267. The molecule has 0 aliphatic carbocycles. The topological polar surface area (TPSA) is 49.3 Å². The van der Waals surface area contributed by atoms with Crippen molar-refractivity contribution in [3.8, 4) is 0 Å². The van der Waals surface area contributed by atoms with Gasteiger partial charge in [-0.05, 0) is 36.6 Å². The van der Waals surface area contributed by atoms with Crippen LogP contribution in [0.4, 0.5) is 8.78 Å². The molecule has 0 fully saturated rings. The van der Waals surface area contributed by atoms with Gasteiger partial charge in [0, 0.05) is 16.5 Å². The standard InChI is InChI=1S/C15H15F2NO2S/c1-9(11-7-10(16)4-5-12(11)17)18-13(8-15(19)20)14-3-2-6-21-14/h2-7,9,13,18H,8H2,1H3,(H,19,20). The van der Waals surface area contributed by atoms with E-state index in [2.05, 4.69) is 5.32 Å². The number of hydrogen-bond donors (Lipinski definition) is 2. The molecule has 3 nitrogen and oxygen atoms in total. The maximum Gasteiger partial charge on any atom is 0.305 e. The molecule has 2 unspecified atom stereocenters. The van der Waals surface area contributed by atoms with Gasteiger partial charge in [-0.2, -0.15) is 0 Å². The number of nitrogens with one attached hydrogen (secondary N) is 1. The summed E-state index contributed by atoms with van der Waals surface area (Å²) in [7, 11) is 0. The van der Waals surface area contributed by atoms with E-state index in [9.17, 15) is 13.6 Å². The Balaban J connectivity index is 2.19. The lowest BCUT2D eigenvalue weighted by atomic mass is 10.0. The highest BCUT2D eigenvalue weighted by atomic mass is 32.1. The smallest absolute Gasteiger partial charge is 0.305 e. The monoisotopic (exact) mass is 311 g/mol. The molecule has 0 bridgehead atoms. The summed E-state index contributed by atoms with van der Waals surface area (Å²) in [5, 5.41) is 13.9. The number of carboxylic acid groups (broad SMARTS) is 1. The van der Waals surface area contributed by atoms with Gasteiger partial charge in [0.2, 0.25) is 0 Å². The third-order valence-corrected chi connectivity index (χ3v) is 4.13. The summed E-state index contributed by atoms with van der Waals surface area (Å²) < 4.78 is 27.0. The number of halogens is 2. The maximum atomic E-state index is 13.8. The summed E-state index contributed by atoms with van der Waals surface area (Å²) in [6.07, 6.45) is -0.123. The van der Waals surface area contributed by atoms with Gasteiger partial charge in [-0.15, -0.1) is 11.3 Å². The van der Waals surface area contributed by atoms with Crippen molar-refractivity contribution in [1.82, 2.24) is 5.32 Å². The van der Waals surface area contributed by atoms with Gasteiger partial charge >= 0.3 is 5.97 Å². The van der Waals surface area contributed by atoms with Gasteiger partial charge in [-0.3, -0.25) is 4.79 Å². The number of hydrogen-bond acceptors (Lipinski definition) is 3. The van der Waals surface area contributed by atoms with Crippen molar-refractivity contribution in [2.24, 2.45) is 0 Å². The largest absolute Gasteiger partial charge is 0.481 e. The zero-order valence-corrected chi connectivity index (χ0v) is 12.2. The van der Waals surface area contributed by atoms with Crippen molar-refractivity contribution < 1.29 is 18.7 Å². The lowest BCUT2D eigenvalue weighted by molar-refractivity contribution is -0.137. The van der Waals surface area contributed by atoms with Gasteiger partial charge in [0.1, 0.15) is 11.6 Å². The van der Waals surface area contributed by atoms with Gasteiger partial charge in [0.25, 0.3) is 0 Å². The Morgan fingerprint density at radius 1 is 1.38 bits per heavy atom. The van der Waals surface area contributed by atoms with Crippen molar-refractivity contribution in [3.63, 3.8) is 0 Å².